The molecule has 0 unspecified atom stereocenters. The Morgan fingerprint density at radius 1 is 0.973 bits per heavy atom. The van der Waals surface area contributed by atoms with Crippen LogP contribution in [-0.2, 0) is 14.8 Å². The van der Waals surface area contributed by atoms with Gasteiger partial charge in [0.15, 0.2) is 0 Å². The number of nitrogens with one attached hydrogen (secondary N) is 2. The molecule has 0 fully saturated rings. The molecule has 2 aromatic carbocycles. The van der Waals surface area contributed by atoms with E-state index < -0.39 is 27.8 Å². The highest BCUT2D eigenvalue weighted by Gasteiger charge is 2.22. The number of amides is 2. The molecule has 12 heteroatoms. The van der Waals surface area contributed by atoms with Gasteiger partial charge in [0.1, 0.15) is 18.1 Å². The summed E-state index contributed by atoms with van der Waals surface area (Å²) in [5.74, 6) is -1.60. The van der Waals surface area contributed by atoms with E-state index in [1.54, 1.807) is 12.1 Å². The lowest BCUT2D eigenvalue weighted by atomic mass is 10.2. The fraction of sp³-hybridized carbons (Fsp3) is 0.200. The van der Waals surface area contributed by atoms with Crippen LogP contribution >= 0.6 is 11.6 Å². The van der Waals surface area contributed by atoms with Crippen molar-refractivity contribution in [3.05, 3.63) is 88.7 Å². The lowest BCUT2D eigenvalue weighted by Crippen LogP contribution is -2.31. The second kappa shape index (κ2) is 12.8. The van der Waals surface area contributed by atoms with E-state index in [2.05, 4.69) is 10.3 Å². The molecule has 1 heterocycles. The third-order valence-corrected chi connectivity index (χ3v) is 6.45. The van der Waals surface area contributed by atoms with Crippen molar-refractivity contribution in [3.8, 4) is 5.75 Å². The van der Waals surface area contributed by atoms with Gasteiger partial charge >= 0.3 is 5.97 Å². The summed E-state index contributed by atoms with van der Waals surface area (Å²) in [6.45, 7) is 2.40. The van der Waals surface area contributed by atoms with Gasteiger partial charge in [0.2, 0.25) is 0 Å². The quantitative estimate of drug-likeness (QED) is 0.276. The van der Waals surface area contributed by atoms with Gasteiger partial charge < -0.3 is 14.8 Å². The van der Waals surface area contributed by atoms with E-state index in [0.717, 1.165) is 12.3 Å². The molecule has 0 saturated carbocycles. The minimum absolute atomic E-state index is 0.0182. The Kier molecular flexibility index (Phi) is 9.58. The van der Waals surface area contributed by atoms with Crippen LogP contribution in [0.2, 0.25) is 5.02 Å². The van der Waals surface area contributed by atoms with Crippen molar-refractivity contribution in [3.63, 3.8) is 0 Å². The molecule has 0 aliphatic rings. The Morgan fingerprint density at radius 3 is 2.41 bits per heavy atom. The van der Waals surface area contributed by atoms with Crippen LogP contribution in [0.15, 0.2) is 71.8 Å². The Morgan fingerprint density at radius 2 is 1.73 bits per heavy atom. The molecular weight excluding hydrogens is 522 g/mol. The van der Waals surface area contributed by atoms with Gasteiger partial charge in [-0.15, -0.1) is 0 Å². The zero-order valence-corrected chi connectivity index (χ0v) is 21.3. The molecule has 2 N–H and O–H groups in total. The summed E-state index contributed by atoms with van der Waals surface area (Å²) in [7, 11) is -4.36. The lowest BCUT2D eigenvalue weighted by Gasteiger charge is -2.11. The van der Waals surface area contributed by atoms with Crippen LogP contribution in [0.4, 0.5) is 0 Å². The van der Waals surface area contributed by atoms with E-state index >= 15 is 0 Å². The van der Waals surface area contributed by atoms with Crippen LogP contribution in [-0.4, -0.2) is 50.9 Å². The molecule has 37 heavy (non-hydrogen) atoms. The van der Waals surface area contributed by atoms with E-state index in [1.165, 1.54) is 24.3 Å². The second-order valence-electron chi connectivity index (χ2n) is 7.56. The average molecular weight is 546 g/mol. The number of carbonyl (C=O) groups excluding carboxylic acids is 3. The third kappa shape index (κ3) is 7.76. The SMILES string of the molecule is CCCOC(=O)c1ccc(C(=O)NS(=O)(=O)c2ccc(Cl)c(C(=O)NCCOc3ccccc3)c2)cn1. The Balaban J connectivity index is 1.63. The number of halogens is 1. The number of nitrogens with zero attached hydrogens (tertiary/aromatic N) is 1. The van der Waals surface area contributed by atoms with Gasteiger partial charge in [0.05, 0.1) is 34.2 Å². The number of ether oxygens (including phenoxy) is 2. The number of benzene rings is 2. The number of rotatable bonds is 11. The predicted octanol–water partition coefficient (Wildman–Crippen LogP) is 3.23. The number of hydrogen-bond acceptors (Lipinski definition) is 8. The summed E-state index contributed by atoms with van der Waals surface area (Å²) < 4.78 is 38.0. The normalized spacial score (nSPS) is 10.9. The van der Waals surface area contributed by atoms with E-state index in [1.807, 2.05) is 29.8 Å². The number of para-hydroxylation sites is 1. The summed E-state index contributed by atoms with van der Waals surface area (Å²) in [5.41, 5.74) is -0.204. The van der Waals surface area contributed by atoms with Crippen molar-refractivity contribution in [2.45, 2.75) is 18.2 Å². The van der Waals surface area contributed by atoms with E-state index in [-0.39, 0.29) is 46.5 Å². The number of hydrogen-bond donors (Lipinski definition) is 2. The van der Waals surface area contributed by atoms with Crippen molar-refractivity contribution in [1.82, 2.24) is 15.0 Å². The summed E-state index contributed by atoms with van der Waals surface area (Å²) in [6.07, 6.45) is 1.70. The molecule has 0 aliphatic heterocycles. The predicted molar refractivity (Wildman–Crippen MR) is 135 cm³/mol. The topological polar surface area (TPSA) is 141 Å². The molecular formula is C25H24ClN3O7S. The molecule has 0 spiro atoms. The molecule has 0 radical (unpaired) electrons. The van der Waals surface area contributed by atoms with Crippen LogP contribution in [0.3, 0.4) is 0 Å². The minimum Gasteiger partial charge on any atom is -0.492 e. The molecule has 1 aromatic heterocycles. The van der Waals surface area contributed by atoms with Crippen molar-refractivity contribution < 1.29 is 32.3 Å². The molecule has 0 saturated heterocycles. The molecule has 0 aliphatic carbocycles. The zero-order chi connectivity index (χ0) is 26.8. The first-order valence-electron chi connectivity index (χ1n) is 11.2. The zero-order valence-electron chi connectivity index (χ0n) is 19.8. The van der Waals surface area contributed by atoms with Crippen molar-refractivity contribution in [2.24, 2.45) is 0 Å². The molecule has 2 amide bonds. The maximum absolute atomic E-state index is 12.8. The Labute approximate surface area is 219 Å². The lowest BCUT2D eigenvalue weighted by molar-refractivity contribution is 0.0497. The van der Waals surface area contributed by atoms with Crippen LogP contribution in [0, 0.1) is 0 Å². The van der Waals surface area contributed by atoms with Crippen molar-refractivity contribution >= 4 is 39.4 Å². The van der Waals surface area contributed by atoms with Gasteiger partial charge in [-0.3, -0.25) is 9.59 Å². The van der Waals surface area contributed by atoms with Gasteiger partial charge in [0.25, 0.3) is 21.8 Å². The highest BCUT2D eigenvalue weighted by Crippen LogP contribution is 2.21. The Hall–Kier alpha value is -3.96. The fourth-order valence-electron chi connectivity index (χ4n) is 2.95. The van der Waals surface area contributed by atoms with E-state index in [9.17, 15) is 22.8 Å². The van der Waals surface area contributed by atoms with Gasteiger partial charge in [-0.1, -0.05) is 36.7 Å². The fourth-order valence-corrected chi connectivity index (χ4v) is 4.15. The standard InChI is InChI=1S/C25H24ClN3O7S/c1-2-13-36-25(32)22-11-8-17(16-28-22)23(30)29-37(33,34)19-9-10-21(26)20(15-19)24(31)27-12-14-35-18-6-4-3-5-7-18/h3-11,15-16H,2,12-14H2,1H3,(H,27,31)(H,29,30). The summed E-state index contributed by atoms with van der Waals surface area (Å²) in [6, 6.07) is 15.0. The number of pyridine rings is 1. The van der Waals surface area contributed by atoms with E-state index in [4.69, 9.17) is 21.1 Å². The minimum atomic E-state index is -4.36. The first-order valence-corrected chi connectivity index (χ1v) is 13.0. The largest absolute Gasteiger partial charge is 0.492 e. The number of sulfonamides is 1. The van der Waals surface area contributed by atoms with Crippen molar-refractivity contribution in [1.29, 1.82) is 0 Å². The van der Waals surface area contributed by atoms with Gasteiger partial charge in [0, 0.05) is 6.20 Å². The highest BCUT2D eigenvalue weighted by atomic mass is 35.5. The smallest absolute Gasteiger partial charge is 0.356 e. The van der Waals surface area contributed by atoms with Crippen LogP contribution < -0.4 is 14.8 Å². The van der Waals surface area contributed by atoms with Gasteiger partial charge in [-0.05, 0) is 48.9 Å². The molecule has 10 nitrogen and oxygen atoms in total. The maximum Gasteiger partial charge on any atom is 0.356 e. The highest BCUT2D eigenvalue weighted by molar-refractivity contribution is 7.90. The van der Waals surface area contributed by atoms with Gasteiger partial charge in [-0.25, -0.2) is 22.9 Å². The van der Waals surface area contributed by atoms with Crippen LogP contribution in [0.5, 0.6) is 5.75 Å². The Bertz CT molecular complexity index is 1360. The molecule has 3 aromatic rings. The van der Waals surface area contributed by atoms with Crippen LogP contribution in [0.25, 0.3) is 0 Å². The van der Waals surface area contributed by atoms with Gasteiger partial charge in [-0.2, -0.15) is 0 Å². The molecule has 0 atom stereocenters. The molecule has 194 valence electrons. The number of esters is 1. The first-order chi connectivity index (χ1) is 17.7. The molecule has 3 rings (SSSR count). The second-order valence-corrected chi connectivity index (χ2v) is 9.65. The van der Waals surface area contributed by atoms with Crippen LogP contribution in [0.1, 0.15) is 44.5 Å². The monoisotopic (exact) mass is 545 g/mol. The molecule has 0 bridgehead atoms. The summed E-state index contributed by atoms with van der Waals surface area (Å²) in [4.78, 5) is 40.4. The van der Waals surface area contributed by atoms with Crippen molar-refractivity contribution in [2.75, 3.05) is 19.8 Å². The summed E-state index contributed by atoms with van der Waals surface area (Å²) in [5, 5.41) is 2.63. The maximum atomic E-state index is 12.8. The van der Waals surface area contributed by atoms with E-state index in [0.29, 0.717) is 12.2 Å². The number of carbonyl (C=O) groups is 3. The third-order valence-electron chi connectivity index (χ3n) is 4.79. The summed E-state index contributed by atoms with van der Waals surface area (Å²) >= 11 is 6.10. The number of aromatic nitrogens is 1. The average Bonchev–Trinajstić information content (AvgIpc) is 2.90. The first kappa shape index (κ1) is 27.6.